The fourth-order valence-electron chi connectivity index (χ4n) is 3.31. The highest BCUT2D eigenvalue weighted by Crippen LogP contribution is 2.19. The highest BCUT2D eigenvalue weighted by atomic mass is 16.2. The molecule has 2 aromatic rings. The molecule has 0 bridgehead atoms. The number of hydrogen-bond acceptors (Lipinski definition) is 4. The van der Waals surface area contributed by atoms with Gasteiger partial charge in [-0.1, -0.05) is 43.7 Å². The standard InChI is InChI=1S/C19H24N4O/c1-2-6-18-15-23(19(24)17-9-10-20-21-13-17)12-11-22(18)14-16-7-4-3-5-8-16/h3-5,7-10,13,18H,2,6,11-12,14-15H2,1H3/t18-/m0/s1. The van der Waals surface area contributed by atoms with E-state index in [4.69, 9.17) is 0 Å². The largest absolute Gasteiger partial charge is 0.336 e. The van der Waals surface area contributed by atoms with Crippen LogP contribution in [0.4, 0.5) is 0 Å². The number of benzene rings is 1. The van der Waals surface area contributed by atoms with Crippen molar-refractivity contribution in [2.75, 3.05) is 19.6 Å². The van der Waals surface area contributed by atoms with E-state index in [-0.39, 0.29) is 5.91 Å². The summed E-state index contributed by atoms with van der Waals surface area (Å²) in [5.41, 5.74) is 1.95. The molecule has 2 heterocycles. The molecule has 5 heteroatoms. The Morgan fingerprint density at radius 3 is 2.71 bits per heavy atom. The molecular weight excluding hydrogens is 300 g/mol. The average Bonchev–Trinajstić information content (AvgIpc) is 2.64. The number of carbonyl (C=O) groups excluding carboxylic acids is 1. The zero-order valence-electron chi connectivity index (χ0n) is 14.1. The van der Waals surface area contributed by atoms with Gasteiger partial charge in [-0.15, -0.1) is 0 Å². The van der Waals surface area contributed by atoms with Gasteiger partial charge in [0.2, 0.25) is 0 Å². The second-order valence-electron chi connectivity index (χ2n) is 6.28. The second kappa shape index (κ2) is 8.02. The lowest BCUT2D eigenvalue weighted by Crippen LogP contribution is -2.54. The van der Waals surface area contributed by atoms with E-state index in [1.807, 2.05) is 11.0 Å². The maximum absolute atomic E-state index is 12.7. The van der Waals surface area contributed by atoms with Crippen molar-refractivity contribution in [3.63, 3.8) is 0 Å². The van der Waals surface area contributed by atoms with Crippen LogP contribution in [0.25, 0.3) is 0 Å². The van der Waals surface area contributed by atoms with Crippen LogP contribution in [0.2, 0.25) is 0 Å². The van der Waals surface area contributed by atoms with Crippen molar-refractivity contribution >= 4 is 5.91 Å². The van der Waals surface area contributed by atoms with Crippen LogP contribution in [-0.2, 0) is 6.54 Å². The van der Waals surface area contributed by atoms with Crippen LogP contribution in [0.15, 0.2) is 48.8 Å². The smallest absolute Gasteiger partial charge is 0.255 e. The van der Waals surface area contributed by atoms with Gasteiger partial charge in [-0.2, -0.15) is 10.2 Å². The highest BCUT2D eigenvalue weighted by molar-refractivity contribution is 5.93. The Morgan fingerprint density at radius 1 is 1.17 bits per heavy atom. The molecule has 126 valence electrons. The first kappa shape index (κ1) is 16.6. The molecule has 1 atom stereocenters. The van der Waals surface area contributed by atoms with Crippen molar-refractivity contribution < 1.29 is 4.79 Å². The lowest BCUT2D eigenvalue weighted by atomic mass is 10.0. The molecule has 1 aliphatic rings. The van der Waals surface area contributed by atoms with E-state index in [0.29, 0.717) is 11.6 Å². The number of hydrogen-bond donors (Lipinski definition) is 0. The van der Waals surface area contributed by atoms with Gasteiger partial charge < -0.3 is 4.90 Å². The molecular formula is C19H24N4O. The Balaban J connectivity index is 1.68. The Hall–Kier alpha value is -2.27. The maximum Gasteiger partial charge on any atom is 0.255 e. The van der Waals surface area contributed by atoms with Crippen molar-refractivity contribution in [2.45, 2.75) is 32.4 Å². The first-order valence-corrected chi connectivity index (χ1v) is 8.62. The number of piperazine rings is 1. The maximum atomic E-state index is 12.7. The Morgan fingerprint density at radius 2 is 2.00 bits per heavy atom. The van der Waals surface area contributed by atoms with Gasteiger partial charge in [0.1, 0.15) is 0 Å². The van der Waals surface area contributed by atoms with Gasteiger partial charge >= 0.3 is 0 Å². The molecule has 1 aromatic carbocycles. The van der Waals surface area contributed by atoms with Crippen LogP contribution in [0.1, 0.15) is 35.7 Å². The quantitative estimate of drug-likeness (QED) is 0.848. The molecule has 24 heavy (non-hydrogen) atoms. The molecule has 1 aliphatic heterocycles. The van der Waals surface area contributed by atoms with Gasteiger partial charge in [0.15, 0.2) is 0 Å². The summed E-state index contributed by atoms with van der Waals surface area (Å²) in [5.74, 6) is 0.0605. The first-order chi connectivity index (χ1) is 11.8. The van der Waals surface area contributed by atoms with E-state index in [1.54, 1.807) is 18.5 Å². The summed E-state index contributed by atoms with van der Waals surface area (Å²) < 4.78 is 0. The number of aromatic nitrogens is 2. The van der Waals surface area contributed by atoms with E-state index >= 15 is 0 Å². The molecule has 0 spiro atoms. The second-order valence-corrected chi connectivity index (χ2v) is 6.28. The molecule has 0 aliphatic carbocycles. The summed E-state index contributed by atoms with van der Waals surface area (Å²) in [6.07, 6.45) is 5.34. The third-order valence-corrected chi connectivity index (χ3v) is 4.57. The third kappa shape index (κ3) is 3.97. The van der Waals surface area contributed by atoms with Crippen LogP contribution in [0.5, 0.6) is 0 Å². The van der Waals surface area contributed by atoms with Gasteiger partial charge in [-0.25, -0.2) is 0 Å². The topological polar surface area (TPSA) is 49.3 Å². The normalized spacial score (nSPS) is 18.5. The number of amides is 1. The molecule has 1 aromatic heterocycles. The lowest BCUT2D eigenvalue weighted by Gasteiger charge is -2.41. The predicted octanol–water partition coefficient (Wildman–Crippen LogP) is 2.60. The Bertz CT molecular complexity index is 647. The van der Waals surface area contributed by atoms with Crippen molar-refractivity contribution in [2.24, 2.45) is 0 Å². The Labute approximate surface area is 143 Å². The minimum Gasteiger partial charge on any atom is -0.336 e. The number of carbonyl (C=O) groups is 1. The monoisotopic (exact) mass is 324 g/mol. The van der Waals surface area contributed by atoms with Crippen molar-refractivity contribution in [1.82, 2.24) is 20.0 Å². The van der Waals surface area contributed by atoms with Crippen molar-refractivity contribution in [3.8, 4) is 0 Å². The third-order valence-electron chi connectivity index (χ3n) is 4.57. The predicted molar refractivity (Wildman–Crippen MR) is 93.5 cm³/mol. The summed E-state index contributed by atoms with van der Waals surface area (Å²) in [4.78, 5) is 17.1. The summed E-state index contributed by atoms with van der Waals surface area (Å²) >= 11 is 0. The molecule has 0 radical (unpaired) electrons. The summed E-state index contributed by atoms with van der Waals surface area (Å²) in [7, 11) is 0. The molecule has 1 saturated heterocycles. The molecule has 3 rings (SSSR count). The minimum absolute atomic E-state index is 0.0605. The van der Waals surface area contributed by atoms with Crippen LogP contribution < -0.4 is 0 Å². The van der Waals surface area contributed by atoms with E-state index in [9.17, 15) is 4.79 Å². The van der Waals surface area contributed by atoms with Gasteiger partial charge in [-0.05, 0) is 18.1 Å². The lowest BCUT2D eigenvalue weighted by molar-refractivity contribution is 0.0437. The summed E-state index contributed by atoms with van der Waals surface area (Å²) in [6, 6.07) is 12.7. The minimum atomic E-state index is 0.0605. The van der Waals surface area contributed by atoms with E-state index in [2.05, 4.69) is 46.3 Å². The first-order valence-electron chi connectivity index (χ1n) is 8.62. The number of rotatable bonds is 5. The van der Waals surface area contributed by atoms with Gasteiger partial charge in [-0.3, -0.25) is 9.69 Å². The SMILES string of the molecule is CCC[C@H]1CN(C(=O)c2ccnnc2)CCN1Cc1ccccc1. The van der Waals surface area contributed by atoms with Gasteiger partial charge in [0, 0.05) is 32.2 Å². The van der Waals surface area contributed by atoms with Crippen LogP contribution >= 0.6 is 0 Å². The average molecular weight is 324 g/mol. The van der Waals surface area contributed by atoms with Crippen LogP contribution in [0, 0.1) is 0 Å². The molecule has 0 saturated carbocycles. The van der Waals surface area contributed by atoms with E-state index < -0.39 is 0 Å². The summed E-state index contributed by atoms with van der Waals surface area (Å²) in [5, 5.41) is 7.57. The highest BCUT2D eigenvalue weighted by Gasteiger charge is 2.29. The van der Waals surface area contributed by atoms with Gasteiger partial charge in [0.05, 0.1) is 18.0 Å². The fourth-order valence-corrected chi connectivity index (χ4v) is 3.31. The van der Waals surface area contributed by atoms with Gasteiger partial charge in [0.25, 0.3) is 5.91 Å². The fraction of sp³-hybridized carbons (Fsp3) is 0.421. The Kier molecular flexibility index (Phi) is 5.54. The summed E-state index contributed by atoms with van der Waals surface area (Å²) in [6.45, 7) is 5.60. The van der Waals surface area contributed by atoms with Crippen molar-refractivity contribution in [3.05, 3.63) is 59.9 Å². The van der Waals surface area contributed by atoms with E-state index in [1.165, 1.54) is 5.56 Å². The number of nitrogens with zero attached hydrogens (tertiary/aromatic N) is 4. The van der Waals surface area contributed by atoms with Crippen molar-refractivity contribution in [1.29, 1.82) is 0 Å². The van der Waals surface area contributed by atoms with Crippen LogP contribution in [-0.4, -0.2) is 51.6 Å². The molecule has 1 fully saturated rings. The zero-order valence-corrected chi connectivity index (χ0v) is 14.1. The van der Waals surface area contributed by atoms with E-state index in [0.717, 1.165) is 39.0 Å². The van der Waals surface area contributed by atoms with Crippen LogP contribution in [0.3, 0.4) is 0 Å². The molecule has 0 N–H and O–H groups in total. The molecule has 5 nitrogen and oxygen atoms in total. The molecule has 0 unspecified atom stereocenters. The molecule has 1 amide bonds. The zero-order chi connectivity index (χ0) is 16.8.